The summed E-state index contributed by atoms with van der Waals surface area (Å²) in [5.74, 6) is 3.67. The van der Waals surface area contributed by atoms with Gasteiger partial charge >= 0.3 is 0 Å². The molecule has 0 saturated carbocycles. The fourth-order valence-electron chi connectivity index (χ4n) is 7.93. The molecule has 3 aromatic carbocycles. The van der Waals surface area contributed by atoms with Crippen LogP contribution >= 0.6 is 0 Å². The van der Waals surface area contributed by atoms with Crippen molar-refractivity contribution < 1.29 is 9.15 Å². The molecule has 224 valence electrons. The molecule has 3 nitrogen and oxygen atoms in total. The van der Waals surface area contributed by atoms with Crippen molar-refractivity contribution >= 4 is 40.9 Å². The summed E-state index contributed by atoms with van der Waals surface area (Å²) in [7, 11) is 0. The predicted molar refractivity (Wildman–Crippen MR) is 191 cm³/mol. The molecule has 0 spiro atoms. The van der Waals surface area contributed by atoms with Gasteiger partial charge in [-0.3, -0.25) is 0 Å². The highest BCUT2D eigenvalue weighted by Gasteiger charge is 2.32. The largest absolute Gasteiger partial charge is 0.485 e. The van der Waals surface area contributed by atoms with E-state index in [1.807, 2.05) is 6.08 Å². The quantitative estimate of drug-likeness (QED) is 0.202. The zero-order valence-electron chi connectivity index (χ0n) is 25.9. The molecule has 46 heavy (non-hydrogen) atoms. The summed E-state index contributed by atoms with van der Waals surface area (Å²) in [5, 5.41) is 1.23. The molecule has 9 rings (SSSR count). The molecule has 3 atom stereocenters. The van der Waals surface area contributed by atoms with Gasteiger partial charge in [-0.05, 0) is 79.0 Å². The average Bonchev–Trinajstić information content (AvgIpc) is 3.76. The van der Waals surface area contributed by atoms with E-state index < -0.39 is 0 Å². The molecule has 0 fully saturated rings. The van der Waals surface area contributed by atoms with Gasteiger partial charge in [0.1, 0.15) is 23.4 Å². The first-order valence-corrected chi connectivity index (χ1v) is 16.4. The van der Waals surface area contributed by atoms with Crippen molar-refractivity contribution in [2.45, 2.75) is 44.1 Å². The number of nitrogens with zero attached hydrogens (tertiary/aromatic N) is 1. The van der Waals surface area contributed by atoms with E-state index >= 15 is 0 Å². The Bertz CT molecular complexity index is 2210. The van der Waals surface area contributed by atoms with Crippen LogP contribution in [0.25, 0.3) is 52.0 Å². The van der Waals surface area contributed by atoms with Crippen LogP contribution in [0.4, 0.5) is 0 Å². The number of para-hydroxylation sites is 1. The summed E-state index contributed by atoms with van der Waals surface area (Å²) in [6, 6.07) is 24.4. The molecular weight excluding hydrogens is 562 g/mol. The Morgan fingerprint density at radius 1 is 0.913 bits per heavy atom. The maximum absolute atomic E-state index is 6.47. The maximum atomic E-state index is 6.47. The molecule has 3 heteroatoms. The fourth-order valence-corrected chi connectivity index (χ4v) is 7.93. The molecule has 0 N–H and O–H groups in total. The summed E-state index contributed by atoms with van der Waals surface area (Å²) in [5.41, 5.74) is 12.5. The van der Waals surface area contributed by atoms with Crippen molar-refractivity contribution in [3.63, 3.8) is 0 Å². The van der Waals surface area contributed by atoms with Crippen molar-refractivity contribution in [3.8, 4) is 16.9 Å². The third kappa shape index (κ3) is 4.19. The lowest BCUT2D eigenvalue weighted by atomic mass is 9.84. The topological polar surface area (TPSA) is 27.3 Å². The molecule has 3 aliphatic carbocycles. The minimum absolute atomic E-state index is 0.105. The Kier molecular flexibility index (Phi) is 6.28. The lowest BCUT2D eigenvalue weighted by molar-refractivity contribution is 0.269. The first kappa shape index (κ1) is 27.1. The Morgan fingerprint density at radius 3 is 2.72 bits per heavy atom. The summed E-state index contributed by atoms with van der Waals surface area (Å²) in [6.45, 7) is 6.24. The number of aryl methyl sites for hydroxylation is 1. The number of rotatable bonds is 5. The van der Waals surface area contributed by atoms with Crippen LogP contribution in [0.15, 0.2) is 114 Å². The van der Waals surface area contributed by atoms with Crippen LogP contribution in [0.2, 0.25) is 0 Å². The molecule has 3 unspecified atom stereocenters. The zero-order chi connectivity index (χ0) is 30.8. The third-order valence-electron chi connectivity index (χ3n) is 10.1. The first-order valence-electron chi connectivity index (χ1n) is 16.4. The van der Waals surface area contributed by atoms with E-state index in [-0.39, 0.29) is 17.9 Å². The number of fused-ring (bicyclic) bond motifs is 7. The number of hydrogen-bond donors (Lipinski definition) is 0. The van der Waals surface area contributed by atoms with Crippen molar-refractivity contribution in [1.29, 1.82) is 0 Å². The van der Waals surface area contributed by atoms with E-state index in [9.17, 15) is 0 Å². The number of aromatic nitrogens is 1. The average molecular weight is 598 g/mol. The minimum Gasteiger partial charge on any atom is -0.485 e. The van der Waals surface area contributed by atoms with E-state index in [1.165, 1.54) is 61.2 Å². The van der Waals surface area contributed by atoms with Crippen LogP contribution in [0.1, 0.15) is 70.2 Å². The smallest absolute Gasteiger partial charge is 0.130 e. The molecule has 5 aromatic rings. The van der Waals surface area contributed by atoms with Crippen LogP contribution < -0.4 is 4.74 Å². The summed E-state index contributed by atoms with van der Waals surface area (Å²) >= 11 is 0. The Morgan fingerprint density at radius 2 is 1.80 bits per heavy atom. The van der Waals surface area contributed by atoms with Crippen molar-refractivity contribution in [2.75, 3.05) is 0 Å². The zero-order valence-corrected chi connectivity index (χ0v) is 25.9. The van der Waals surface area contributed by atoms with Crippen LogP contribution in [-0.4, -0.2) is 10.7 Å². The van der Waals surface area contributed by atoms with E-state index in [2.05, 4.69) is 139 Å². The van der Waals surface area contributed by atoms with Gasteiger partial charge < -0.3 is 13.7 Å². The van der Waals surface area contributed by atoms with Crippen LogP contribution in [0.5, 0.6) is 5.75 Å². The summed E-state index contributed by atoms with van der Waals surface area (Å²) < 4.78 is 15.1. The maximum Gasteiger partial charge on any atom is 0.130 e. The van der Waals surface area contributed by atoms with Crippen molar-refractivity contribution in [1.82, 2.24) is 4.57 Å². The molecule has 3 heterocycles. The van der Waals surface area contributed by atoms with Gasteiger partial charge in [0.2, 0.25) is 0 Å². The molecule has 4 aliphatic rings. The molecule has 0 radical (unpaired) electrons. The monoisotopic (exact) mass is 597 g/mol. The number of hydrogen-bond acceptors (Lipinski definition) is 2. The third-order valence-corrected chi connectivity index (χ3v) is 10.1. The van der Waals surface area contributed by atoms with Crippen LogP contribution in [0.3, 0.4) is 0 Å². The second-order valence-corrected chi connectivity index (χ2v) is 12.7. The second kappa shape index (κ2) is 10.7. The van der Waals surface area contributed by atoms with Gasteiger partial charge in [0.25, 0.3) is 0 Å². The van der Waals surface area contributed by atoms with Gasteiger partial charge in [0, 0.05) is 51.6 Å². The lowest BCUT2D eigenvalue weighted by Crippen LogP contribution is -2.15. The Labute approximate surface area is 269 Å². The summed E-state index contributed by atoms with van der Waals surface area (Å²) in [6.07, 6.45) is 24.7. The molecule has 0 saturated heterocycles. The Balaban J connectivity index is 1.06. The van der Waals surface area contributed by atoms with E-state index in [0.717, 1.165) is 36.5 Å². The number of ether oxygens (including phenoxy) is 1. The lowest BCUT2D eigenvalue weighted by Gasteiger charge is -2.20. The van der Waals surface area contributed by atoms with E-state index in [1.54, 1.807) is 0 Å². The van der Waals surface area contributed by atoms with E-state index in [0.29, 0.717) is 0 Å². The van der Waals surface area contributed by atoms with Gasteiger partial charge in [-0.15, -0.1) is 0 Å². The second-order valence-electron chi connectivity index (χ2n) is 12.7. The number of allylic oxidation sites excluding steroid dienone is 5. The van der Waals surface area contributed by atoms with Crippen molar-refractivity contribution in [2.24, 2.45) is 0 Å². The van der Waals surface area contributed by atoms with Gasteiger partial charge in [0.15, 0.2) is 0 Å². The molecule has 2 aromatic heterocycles. The fraction of sp³-hybridized carbons (Fsp3) is 0.163. The van der Waals surface area contributed by atoms with Gasteiger partial charge in [-0.25, -0.2) is 0 Å². The highest BCUT2D eigenvalue weighted by molar-refractivity contribution is 5.98. The van der Waals surface area contributed by atoms with Gasteiger partial charge in [-0.2, -0.15) is 0 Å². The van der Waals surface area contributed by atoms with Crippen molar-refractivity contribution in [3.05, 3.63) is 155 Å². The molecule has 0 amide bonds. The highest BCUT2D eigenvalue weighted by Crippen LogP contribution is 2.44. The number of furan rings is 1. The minimum atomic E-state index is 0.105. The normalized spacial score (nSPS) is 20.7. The number of benzene rings is 3. The standard InChI is InChI=1S/C43H35NO2/c1-3-10-38-32(4-2)33-13-5-7-15-39(33)44(38)31-19-22-43-37(26-31)36-25-30(18-21-42(36)46-43)28-12-9-11-27(23-28)29-17-20-41-35(24-29)34-14-6-8-16-40(34)45-41/h3-18,20-21,23-24,26,30,34,40H,2,19,22,25H2,1H3/b10-3-. The van der Waals surface area contributed by atoms with Gasteiger partial charge in [0.05, 0.1) is 11.2 Å². The SMILES string of the molecule is C=Cc1c(/C=C\C)n(C2=Cc3c(oc4c3CC(c3cccc(-c5ccc6c(c5)C5C=CC=CC5O6)c3)C=C4)CC2)c2ccccc12. The Hall–Kier alpha value is -5.28. The van der Waals surface area contributed by atoms with E-state index in [4.69, 9.17) is 9.15 Å². The first-order chi connectivity index (χ1) is 22.7. The predicted octanol–water partition coefficient (Wildman–Crippen LogP) is 10.8. The van der Waals surface area contributed by atoms with Crippen LogP contribution in [0, 0.1) is 0 Å². The highest BCUT2D eigenvalue weighted by atomic mass is 16.5. The van der Waals surface area contributed by atoms with Crippen LogP contribution in [-0.2, 0) is 12.8 Å². The molecule has 0 bridgehead atoms. The summed E-state index contributed by atoms with van der Waals surface area (Å²) in [4.78, 5) is 0. The van der Waals surface area contributed by atoms with Gasteiger partial charge in [-0.1, -0.05) is 91.6 Å². The molecule has 1 aliphatic heterocycles. The molecular formula is C43H35NO2.